The number of hydrogen-bond donors (Lipinski definition) is 4. The molecule has 146 valence electrons. The molecule has 9 heteroatoms. The number of fused-ring (bicyclic) bond motifs is 2. The second-order valence-corrected chi connectivity index (χ2v) is 6.80. The van der Waals surface area contributed by atoms with E-state index in [-0.39, 0.29) is 28.2 Å². The Kier molecular flexibility index (Phi) is 3.90. The maximum Gasteiger partial charge on any atom is 0.254 e. The van der Waals surface area contributed by atoms with Gasteiger partial charge in [-0.1, -0.05) is 6.07 Å². The molecule has 0 fully saturated rings. The first-order chi connectivity index (χ1) is 13.7. The molecule has 4 aromatic rings. The highest BCUT2D eigenvalue weighted by Gasteiger charge is 2.25. The highest BCUT2D eigenvalue weighted by Crippen LogP contribution is 2.35. The van der Waals surface area contributed by atoms with E-state index in [4.69, 9.17) is 17.2 Å². The van der Waals surface area contributed by atoms with Crippen LogP contribution in [0.15, 0.2) is 30.3 Å². The fourth-order valence-electron chi connectivity index (χ4n) is 3.51. The molecular weight excluding hydrogens is 372 g/mol. The minimum Gasteiger partial charge on any atom is -0.508 e. The van der Waals surface area contributed by atoms with E-state index in [2.05, 4.69) is 9.97 Å². The van der Waals surface area contributed by atoms with Gasteiger partial charge in [-0.2, -0.15) is 0 Å². The van der Waals surface area contributed by atoms with Crippen LogP contribution in [0, 0.1) is 13.8 Å². The number of carbonyl (C=O) groups is 2. The van der Waals surface area contributed by atoms with Gasteiger partial charge in [-0.15, -0.1) is 0 Å². The maximum atomic E-state index is 12.2. The van der Waals surface area contributed by atoms with Crippen molar-refractivity contribution in [3.05, 3.63) is 52.6 Å². The third-order valence-corrected chi connectivity index (χ3v) is 4.95. The minimum atomic E-state index is -0.763. The van der Waals surface area contributed by atoms with Crippen molar-refractivity contribution in [1.82, 2.24) is 14.5 Å². The molecule has 0 saturated carbocycles. The number of primary amides is 2. The molecule has 0 bridgehead atoms. The van der Waals surface area contributed by atoms with Crippen LogP contribution in [0.1, 0.15) is 31.8 Å². The van der Waals surface area contributed by atoms with E-state index >= 15 is 0 Å². The summed E-state index contributed by atoms with van der Waals surface area (Å²) in [5.74, 6) is -1.23. The van der Waals surface area contributed by atoms with Crippen molar-refractivity contribution >= 4 is 39.8 Å². The summed E-state index contributed by atoms with van der Waals surface area (Å²) in [6.07, 6.45) is 0. The number of anilines is 1. The molecule has 29 heavy (non-hydrogen) atoms. The summed E-state index contributed by atoms with van der Waals surface area (Å²) in [6.45, 7) is 3.59. The van der Waals surface area contributed by atoms with Gasteiger partial charge in [-0.05, 0) is 43.7 Å². The number of carbonyl (C=O) groups excluding carboxylic acids is 2. The summed E-state index contributed by atoms with van der Waals surface area (Å²) >= 11 is 0. The monoisotopic (exact) mass is 390 g/mol. The van der Waals surface area contributed by atoms with E-state index in [0.29, 0.717) is 27.9 Å². The number of aromatic nitrogens is 3. The molecule has 7 N–H and O–H groups in total. The lowest BCUT2D eigenvalue weighted by Crippen LogP contribution is -2.14. The van der Waals surface area contributed by atoms with Gasteiger partial charge >= 0.3 is 0 Å². The zero-order chi connectivity index (χ0) is 21.0. The van der Waals surface area contributed by atoms with E-state index in [0.717, 1.165) is 5.56 Å². The molecule has 0 radical (unpaired) electrons. The van der Waals surface area contributed by atoms with E-state index < -0.39 is 11.8 Å². The van der Waals surface area contributed by atoms with Gasteiger partial charge in [0.1, 0.15) is 22.6 Å². The number of hydrogen-bond acceptors (Lipinski definition) is 6. The Balaban J connectivity index is 2.18. The molecule has 0 aliphatic rings. The summed E-state index contributed by atoms with van der Waals surface area (Å²) in [6, 6.07) is 7.97. The standard InChI is InChI=1S/C20H18N6O3/c1-8-3-6-13(27)9(2)16(8)26-17(21)14(19(23)29)15-20(26)25-11-5-4-10(18(22)28)7-12(11)24-15/h3-7,27H,21H2,1-2H3,(H2,22,28)(H2,23,29). The lowest BCUT2D eigenvalue weighted by Gasteiger charge is -2.15. The highest BCUT2D eigenvalue weighted by molar-refractivity contribution is 6.11. The zero-order valence-electron chi connectivity index (χ0n) is 15.7. The molecule has 0 spiro atoms. The average molecular weight is 390 g/mol. The van der Waals surface area contributed by atoms with Gasteiger partial charge < -0.3 is 22.3 Å². The van der Waals surface area contributed by atoms with Crippen LogP contribution in [-0.4, -0.2) is 31.5 Å². The number of nitrogen functional groups attached to an aromatic ring is 1. The number of phenolic OH excluding ortho intramolecular Hbond substituents is 1. The van der Waals surface area contributed by atoms with Crippen molar-refractivity contribution in [2.24, 2.45) is 11.5 Å². The Labute approximate surface area is 164 Å². The molecule has 2 aromatic carbocycles. The predicted octanol–water partition coefficient (Wildman–Crippen LogP) is 1.68. The van der Waals surface area contributed by atoms with E-state index in [9.17, 15) is 14.7 Å². The van der Waals surface area contributed by atoms with Crippen LogP contribution in [0.5, 0.6) is 5.75 Å². The number of aromatic hydroxyl groups is 1. The van der Waals surface area contributed by atoms with E-state index in [1.807, 2.05) is 6.92 Å². The fourth-order valence-corrected chi connectivity index (χ4v) is 3.51. The Morgan fingerprint density at radius 3 is 2.38 bits per heavy atom. The van der Waals surface area contributed by atoms with Crippen LogP contribution in [0.3, 0.4) is 0 Å². The third-order valence-electron chi connectivity index (χ3n) is 4.95. The van der Waals surface area contributed by atoms with Crippen LogP contribution >= 0.6 is 0 Å². The summed E-state index contributed by atoms with van der Waals surface area (Å²) < 4.78 is 1.56. The van der Waals surface area contributed by atoms with Crippen molar-refractivity contribution in [2.45, 2.75) is 13.8 Å². The number of benzene rings is 2. The van der Waals surface area contributed by atoms with Gasteiger partial charge in [-0.3, -0.25) is 14.2 Å². The zero-order valence-corrected chi connectivity index (χ0v) is 15.7. The minimum absolute atomic E-state index is 0.0148. The Hall–Kier alpha value is -4.14. The molecule has 0 aliphatic carbocycles. The average Bonchev–Trinajstić information content (AvgIpc) is 2.94. The number of aryl methyl sites for hydroxylation is 1. The first-order valence-electron chi connectivity index (χ1n) is 8.71. The lowest BCUT2D eigenvalue weighted by molar-refractivity contribution is 0.0992. The molecule has 0 unspecified atom stereocenters. The highest BCUT2D eigenvalue weighted by atomic mass is 16.3. The Bertz CT molecular complexity index is 1360. The SMILES string of the molecule is Cc1ccc(O)c(C)c1-n1c(N)c(C(N)=O)c2nc3cc(C(N)=O)ccc3nc21. The van der Waals surface area contributed by atoms with Gasteiger partial charge in [0.25, 0.3) is 5.91 Å². The Morgan fingerprint density at radius 2 is 1.72 bits per heavy atom. The van der Waals surface area contributed by atoms with Crippen molar-refractivity contribution in [3.63, 3.8) is 0 Å². The fraction of sp³-hybridized carbons (Fsp3) is 0.100. The molecule has 0 saturated heterocycles. The van der Waals surface area contributed by atoms with Gasteiger partial charge in [0.2, 0.25) is 5.91 Å². The topological polar surface area (TPSA) is 163 Å². The van der Waals surface area contributed by atoms with Crippen LogP contribution in [0.2, 0.25) is 0 Å². The van der Waals surface area contributed by atoms with Crippen LogP contribution in [0.4, 0.5) is 5.82 Å². The van der Waals surface area contributed by atoms with E-state index in [1.165, 1.54) is 6.07 Å². The molecule has 0 atom stereocenters. The van der Waals surface area contributed by atoms with E-state index in [1.54, 1.807) is 35.8 Å². The maximum absolute atomic E-state index is 12.2. The molecule has 0 aliphatic heterocycles. The summed E-state index contributed by atoms with van der Waals surface area (Å²) in [5, 5.41) is 10.2. The number of amides is 2. The molecule has 2 heterocycles. The molecular formula is C20H18N6O3. The van der Waals surface area contributed by atoms with Crippen molar-refractivity contribution in [3.8, 4) is 11.4 Å². The number of phenols is 1. The van der Waals surface area contributed by atoms with Gasteiger partial charge in [0.05, 0.1) is 16.7 Å². The van der Waals surface area contributed by atoms with Gasteiger partial charge in [0, 0.05) is 11.1 Å². The molecule has 2 aromatic heterocycles. The number of rotatable bonds is 3. The van der Waals surface area contributed by atoms with Crippen LogP contribution in [0.25, 0.3) is 27.9 Å². The van der Waals surface area contributed by atoms with Crippen LogP contribution < -0.4 is 17.2 Å². The van der Waals surface area contributed by atoms with Gasteiger partial charge in [0.15, 0.2) is 5.65 Å². The third kappa shape index (κ3) is 2.63. The number of nitrogens with zero attached hydrogens (tertiary/aromatic N) is 3. The second-order valence-electron chi connectivity index (χ2n) is 6.80. The predicted molar refractivity (Wildman–Crippen MR) is 109 cm³/mol. The smallest absolute Gasteiger partial charge is 0.254 e. The number of nitrogens with two attached hydrogens (primary N) is 3. The molecule has 4 rings (SSSR count). The quantitative estimate of drug-likeness (QED) is 0.416. The van der Waals surface area contributed by atoms with Crippen LogP contribution in [-0.2, 0) is 0 Å². The second kappa shape index (κ2) is 6.20. The molecule has 9 nitrogen and oxygen atoms in total. The van der Waals surface area contributed by atoms with Crippen molar-refractivity contribution in [1.29, 1.82) is 0 Å². The lowest BCUT2D eigenvalue weighted by atomic mass is 10.1. The summed E-state index contributed by atoms with van der Waals surface area (Å²) in [7, 11) is 0. The normalized spacial score (nSPS) is 11.2. The van der Waals surface area contributed by atoms with Gasteiger partial charge in [-0.25, -0.2) is 9.97 Å². The Morgan fingerprint density at radius 1 is 1.00 bits per heavy atom. The molecule has 2 amide bonds. The summed E-state index contributed by atoms with van der Waals surface area (Å²) in [4.78, 5) is 32.8. The first kappa shape index (κ1) is 18.2. The van der Waals surface area contributed by atoms with Crippen molar-refractivity contribution < 1.29 is 14.7 Å². The summed E-state index contributed by atoms with van der Waals surface area (Å²) in [5.41, 5.74) is 20.8. The first-order valence-corrected chi connectivity index (χ1v) is 8.71. The van der Waals surface area contributed by atoms with Crippen molar-refractivity contribution in [2.75, 3.05) is 5.73 Å². The largest absolute Gasteiger partial charge is 0.508 e.